The summed E-state index contributed by atoms with van der Waals surface area (Å²) in [5.74, 6) is 0.336. The normalized spacial score (nSPS) is 11.5. The molecule has 0 aliphatic heterocycles. The van der Waals surface area contributed by atoms with Crippen LogP contribution in [-0.2, 0) is 10.1 Å². The fourth-order valence-corrected chi connectivity index (χ4v) is 3.50. The van der Waals surface area contributed by atoms with E-state index in [2.05, 4.69) is 0 Å². The molecule has 0 spiro atoms. The Bertz CT molecular complexity index is 843. The Kier molecular flexibility index (Phi) is 4.70. The van der Waals surface area contributed by atoms with Gasteiger partial charge in [-0.05, 0) is 36.1 Å². The standard InChI is InChI=1S/C16H17NO5S/c1-11(2)13-7-5-8-14(10-13)22-23(20,21)16-12(3)6-4-9-15(16)17(18)19/h4-11H,1-3H3. The SMILES string of the molecule is Cc1cccc([N+](=O)[O-])c1S(=O)(=O)Oc1cccc(C(C)C)c1. The second-order valence-electron chi connectivity index (χ2n) is 5.44. The average Bonchev–Trinajstić information content (AvgIpc) is 2.46. The van der Waals surface area contributed by atoms with E-state index in [9.17, 15) is 18.5 Å². The van der Waals surface area contributed by atoms with Crippen LogP contribution in [-0.4, -0.2) is 13.3 Å². The van der Waals surface area contributed by atoms with Crippen molar-refractivity contribution >= 4 is 15.8 Å². The van der Waals surface area contributed by atoms with Crippen molar-refractivity contribution in [3.8, 4) is 5.75 Å². The number of nitro benzene ring substituents is 1. The number of nitrogens with zero attached hydrogens (tertiary/aromatic N) is 1. The second kappa shape index (κ2) is 6.37. The molecule has 0 heterocycles. The van der Waals surface area contributed by atoms with Crippen molar-refractivity contribution in [1.29, 1.82) is 0 Å². The van der Waals surface area contributed by atoms with Gasteiger partial charge in [-0.1, -0.05) is 38.1 Å². The van der Waals surface area contributed by atoms with Gasteiger partial charge in [-0.2, -0.15) is 8.42 Å². The Labute approximate surface area is 135 Å². The highest BCUT2D eigenvalue weighted by Crippen LogP contribution is 2.30. The molecule has 2 aromatic carbocycles. The summed E-state index contributed by atoms with van der Waals surface area (Å²) in [7, 11) is -4.30. The highest BCUT2D eigenvalue weighted by molar-refractivity contribution is 7.87. The number of aryl methyl sites for hydroxylation is 1. The molecule has 0 radical (unpaired) electrons. The first-order chi connectivity index (χ1) is 10.7. The minimum Gasteiger partial charge on any atom is -0.379 e. The maximum atomic E-state index is 12.5. The van der Waals surface area contributed by atoms with Gasteiger partial charge in [-0.25, -0.2) is 0 Å². The van der Waals surface area contributed by atoms with Crippen LogP contribution in [0.2, 0.25) is 0 Å². The summed E-state index contributed by atoms with van der Waals surface area (Å²) < 4.78 is 30.1. The lowest BCUT2D eigenvalue weighted by atomic mass is 10.0. The first-order valence-electron chi connectivity index (χ1n) is 7.01. The third-order valence-corrected chi connectivity index (χ3v) is 4.81. The maximum absolute atomic E-state index is 12.5. The van der Waals surface area contributed by atoms with E-state index in [1.807, 2.05) is 19.9 Å². The molecule has 0 saturated carbocycles. The Morgan fingerprint density at radius 1 is 1.13 bits per heavy atom. The molecular weight excluding hydrogens is 318 g/mol. The second-order valence-corrected chi connectivity index (χ2v) is 6.93. The lowest BCUT2D eigenvalue weighted by Crippen LogP contribution is -2.13. The minimum atomic E-state index is -4.30. The van der Waals surface area contributed by atoms with E-state index in [1.165, 1.54) is 25.1 Å². The van der Waals surface area contributed by atoms with Crippen LogP contribution in [0.15, 0.2) is 47.4 Å². The molecule has 0 N–H and O–H groups in total. The van der Waals surface area contributed by atoms with E-state index >= 15 is 0 Å². The van der Waals surface area contributed by atoms with Crippen molar-refractivity contribution in [2.75, 3.05) is 0 Å². The third-order valence-electron chi connectivity index (χ3n) is 3.37. The summed E-state index contributed by atoms with van der Waals surface area (Å²) >= 11 is 0. The first kappa shape index (κ1) is 17.0. The quantitative estimate of drug-likeness (QED) is 0.471. The van der Waals surface area contributed by atoms with Crippen molar-refractivity contribution in [2.45, 2.75) is 31.6 Å². The van der Waals surface area contributed by atoms with Gasteiger partial charge in [0.15, 0.2) is 4.90 Å². The van der Waals surface area contributed by atoms with Gasteiger partial charge in [0.1, 0.15) is 5.75 Å². The van der Waals surface area contributed by atoms with Crippen LogP contribution in [0.4, 0.5) is 5.69 Å². The van der Waals surface area contributed by atoms with Gasteiger partial charge >= 0.3 is 10.1 Å². The van der Waals surface area contributed by atoms with Gasteiger partial charge < -0.3 is 4.18 Å². The molecule has 23 heavy (non-hydrogen) atoms. The summed E-state index contributed by atoms with van der Waals surface area (Å²) in [6.45, 7) is 5.44. The molecule has 0 fully saturated rings. The van der Waals surface area contributed by atoms with Crippen molar-refractivity contribution < 1.29 is 17.5 Å². The predicted octanol–water partition coefficient (Wildman–Crippen LogP) is 3.79. The molecule has 2 rings (SSSR count). The zero-order valence-electron chi connectivity index (χ0n) is 13.0. The number of nitro groups is 1. The average molecular weight is 335 g/mol. The lowest BCUT2D eigenvalue weighted by molar-refractivity contribution is -0.388. The molecule has 0 amide bonds. The van der Waals surface area contributed by atoms with E-state index in [1.54, 1.807) is 12.1 Å². The molecule has 0 aromatic heterocycles. The topological polar surface area (TPSA) is 86.5 Å². The highest BCUT2D eigenvalue weighted by Gasteiger charge is 2.29. The van der Waals surface area contributed by atoms with Crippen LogP contribution >= 0.6 is 0 Å². The fourth-order valence-electron chi connectivity index (χ4n) is 2.20. The third kappa shape index (κ3) is 3.68. The summed E-state index contributed by atoms with van der Waals surface area (Å²) in [6, 6.07) is 10.8. The van der Waals surface area contributed by atoms with Crippen molar-refractivity contribution in [1.82, 2.24) is 0 Å². The molecule has 0 saturated heterocycles. The lowest BCUT2D eigenvalue weighted by Gasteiger charge is -2.11. The smallest absolute Gasteiger partial charge is 0.346 e. The monoisotopic (exact) mass is 335 g/mol. The van der Waals surface area contributed by atoms with Crippen molar-refractivity contribution in [3.05, 3.63) is 63.7 Å². The van der Waals surface area contributed by atoms with E-state index in [0.29, 0.717) is 0 Å². The van der Waals surface area contributed by atoms with Crippen molar-refractivity contribution in [2.24, 2.45) is 0 Å². The van der Waals surface area contributed by atoms with Crippen molar-refractivity contribution in [3.63, 3.8) is 0 Å². The molecular formula is C16H17NO5S. The summed E-state index contributed by atoms with van der Waals surface area (Å²) in [5, 5.41) is 11.1. The van der Waals surface area contributed by atoms with Crippen LogP contribution in [0.1, 0.15) is 30.9 Å². The molecule has 0 atom stereocenters. The van der Waals surface area contributed by atoms with Crippen LogP contribution < -0.4 is 4.18 Å². The van der Waals surface area contributed by atoms with Gasteiger partial charge in [-0.3, -0.25) is 10.1 Å². The van der Waals surface area contributed by atoms with Gasteiger partial charge in [0.05, 0.1) is 4.92 Å². The fraction of sp³-hybridized carbons (Fsp3) is 0.250. The van der Waals surface area contributed by atoms with E-state index < -0.39 is 25.6 Å². The largest absolute Gasteiger partial charge is 0.379 e. The van der Waals surface area contributed by atoms with Gasteiger partial charge in [0, 0.05) is 6.07 Å². The Morgan fingerprint density at radius 2 is 1.78 bits per heavy atom. The van der Waals surface area contributed by atoms with E-state index in [4.69, 9.17) is 4.18 Å². The molecule has 7 heteroatoms. The molecule has 0 aliphatic rings. The minimum absolute atomic E-state index is 0.133. The van der Waals surface area contributed by atoms with E-state index in [0.717, 1.165) is 11.6 Å². The molecule has 122 valence electrons. The van der Waals surface area contributed by atoms with Crippen LogP contribution in [0.3, 0.4) is 0 Å². The molecule has 6 nitrogen and oxygen atoms in total. The summed E-state index contributed by atoms with van der Waals surface area (Å²) in [6.07, 6.45) is 0. The van der Waals surface area contributed by atoms with Gasteiger partial charge in [0.2, 0.25) is 0 Å². The summed E-state index contributed by atoms with van der Waals surface area (Å²) in [4.78, 5) is 9.96. The Hall–Kier alpha value is -2.41. The number of hydrogen-bond donors (Lipinski definition) is 0. The van der Waals surface area contributed by atoms with Crippen LogP contribution in [0.25, 0.3) is 0 Å². The zero-order chi connectivity index (χ0) is 17.2. The molecule has 0 aliphatic carbocycles. The zero-order valence-corrected chi connectivity index (χ0v) is 13.8. The molecule has 2 aromatic rings. The van der Waals surface area contributed by atoms with Crippen LogP contribution in [0, 0.1) is 17.0 Å². The molecule has 0 unspecified atom stereocenters. The number of hydrogen-bond acceptors (Lipinski definition) is 5. The highest BCUT2D eigenvalue weighted by atomic mass is 32.2. The van der Waals surface area contributed by atoms with Gasteiger partial charge in [0.25, 0.3) is 5.69 Å². The van der Waals surface area contributed by atoms with Crippen LogP contribution in [0.5, 0.6) is 5.75 Å². The summed E-state index contributed by atoms with van der Waals surface area (Å²) in [5.41, 5.74) is 0.682. The Balaban J connectivity index is 2.48. The maximum Gasteiger partial charge on any atom is 0.346 e. The number of rotatable bonds is 5. The first-order valence-corrected chi connectivity index (χ1v) is 8.41. The number of benzene rings is 2. The molecule has 0 bridgehead atoms. The Morgan fingerprint density at radius 3 is 2.39 bits per heavy atom. The predicted molar refractivity (Wildman–Crippen MR) is 86.2 cm³/mol. The van der Waals surface area contributed by atoms with E-state index in [-0.39, 0.29) is 17.2 Å². The van der Waals surface area contributed by atoms with Gasteiger partial charge in [-0.15, -0.1) is 0 Å².